The molecule has 0 aliphatic rings. The van der Waals surface area contributed by atoms with Crippen LogP contribution in [0.1, 0.15) is 18.9 Å². The van der Waals surface area contributed by atoms with Crippen molar-refractivity contribution in [3.05, 3.63) is 23.9 Å². The lowest BCUT2D eigenvalue weighted by Crippen LogP contribution is -2.28. The van der Waals surface area contributed by atoms with E-state index in [0.717, 1.165) is 13.0 Å². The zero-order valence-corrected chi connectivity index (χ0v) is 9.87. The lowest BCUT2D eigenvalue weighted by Gasteiger charge is -2.22. The second kappa shape index (κ2) is 6.70. The summed E-state index contributed by atoms with van der Waals surface area (Å²) in [5, 5.41) is 20.6. The third-order valence-corrected chi connectivity index (χ3v) is 2.34. The second-order valence-corrected chi connectivity index (χ2v) is 3.60. The van der Waals surface area contributed by atoms with Gasteiger partial charge in [0.2, 0.25) is 0 Å². The molecule has 0 radical (unpaired) electrons. The van der Waals surface area contributed by atoms with Gasteiger partial charge in [0.25, 0.3) is 0 Å². The fourth-order valence-corrected chi connectivity index (χ4v) is 1.54. The standard InChI is InChI=1S/C11H18N4O2/c1-2-5-15(6-7-16)10-8-9(3-4-13-10)11(12)14-17/h3-4,8,16-17H,2,5-7H2,1H3,(H2,12,14). The lowest BCUT2D eigenvalue weighted by molar-refractivity contribution is 0.301. The Morgan fingerprint density at radius 2 is 2.29 bits per heavy atom. The molecule has 1 heterocycles. The fraction of sp³-hybridized carbons (Fsp3) is 0.455. The number of nitrogens with zero attached hydrogens (tertiary/aromatic N) is 3. The molecule has 0 aromatic carbocycles. The summed E-state index contributed by atoms with van der Waals surface area (Å²) in [5.41, 5.74) is 6.12. The van der Waals surface area contributed by atoms with Gasteiger partial charge in [0, 0.05) is 24.8 Å². The van der Waals surface area contributed by atoms with Crippen LogP contribution in [0.3, 0.4) is 0 Å². The third kappa shape index (κ3) is 3.60. The number of aliphatic hydroxyl groups excluding tert-OH is 1. The van der Waals surface area contributed by atoms with Gasteiger partial charge in [-0.1, -0.05) is 12.1 Å². The Balaban J connectivity index is 2.95. The summed E-state index contributed by atoms with van der Waals surface area (Å²) in [5.74, 6) is 0.763. The number of pyridine rings is 1. The summed E-state index contributed by atoms with van der Waals surface area (Å²) in [6.07, 6.45) is 2.55. The van der Waals surface area contributed by atoms with Gasteiger partial charge >= 0.3 is 0 Å². The largest absolute Gasteiger partial charge is 0.409 e. The summed E-state index contributed by atoms with van der Waals surface area (Å²) in [7, 11) is 0. The highest BCUT2D eigenvalue weighted by atomic mass is 16.4. The molecule has 6 heteroatoms. The van der Waals surface area contributed by atoms with Crippen LogP contribution in [-0.4, -0.2) is 40.8 Å². The first kappa shape index (κ1) is 13.2. The normalized spacial score (nSPS) is 11.5. The Bertz CT molecular complexity index is 375. The van der Waals surface area contributed by atoms with Crippen LogP contribution in [0.5, 0.6) is 0 Å². The first-order valence-corrected chi connectivity index (χ1v) is 5.52. The molecule has 0 saturated heterocycles. The van der Waals surface area contributed by atoms with Crippen LogP contribution in [0.4, 0.5) is 5.82 Å². The highest BCUT2D eigenvalue weighted by Crippen LogP contribution is 2.12. The minimum atomic E-state index is 0.0501. The molecule has 6 nitrogen and oxygen atoms in total. The van der Waals surface area contributed by atoms with Crippen LogP contribution in [0.25, 0.3) is 0 Å². The predicted molar refractivity (Wildman–Crippen MR) is 66.3 cm³/mol. The van der Waals surface area contributed by atoms with Crippen molar-refractivity contribution < 1.29 is 10.3 Å². The van der Waals surface area contributed by atoms with Gasteiger partial charge in [0.15, 0.2) is 5.84 Å². The van der Waals surface area contributed by atoms with Crippen molar-refractivity contribution in [1.29, 1.82) is 0 Å². The van der Waals surface area contributed by atoms with E-state index >= 15 is 0 Å². The number of hydrogen-bond donors (Lipinski definition) is 3. The second-order valence-electron chi connectivity index (χ2n) is 3.60. The van der Waals surface area contributed by atoms with E-state index in [-0.39, 0.29) is 12.4 Å². The fourth-order valence-electron chi connectivity index (χ4n) is 1.54. The number of nitrogens with two attached hydrogens (primary N) is 1. The summed E-state index contributed by atoms with van der Waals surface area (Å²) >= 11 is 0. The number of rotatable bonds is 6. The van der Waals surface area contributed by atoms with Gasteiger partial charge in [0.1, 0.15) is 5.82 Å². The van der Waals surface area contributed by atoms with E-state index in [1.54, 1.807) is 18.3 Å². The lowest BCUT2D eigenvalue weighted by atomic mass is 10.2. The Kier molecular flexibility index (Phi) is 5.22. The quantitative estimate of drug-likeness (QED) is 0.288. The van der Waals surface area contributed by atoms with E-state index in [2.05, 4.69) is 17.1 Å². The van der Waals surface area contributed by atoms with Gasteiger partial charge in [-0.2, -0.15) is 0 Å². The molecule has 0 spiro atoms. The maximum absolute atomic E-state index is 8.99. The molecule has 0 amide bonds. The molecule has 0 atom stereocenters. The molecule has 94 valence electrons. The molecule has 1 aromatic rings. The molecular formula is C11H18N4O2. The molecule has 0 fully saturated rings. The number of oxime groups is 1. The number of aromatic nitrogens is 1. The van der Waals surface area contributed by atoms with Gasteiger partial charge in [-0.3, -0.25) is 0 Å². The van der Waals surface area contributed by atoms with Crippen molar-refractivity contribution in [3.8, 4) is 0 Å². The Labute approximate surface area is 100 Å². The molecule has 1 aromatic heterocycles. The van der Waals surface area contributed by atoms with Gasteiger partial charge in [0.05, 0.1) is 6.61 Å². The summed E-state index contributed by atoms with van der Waals surface area (Å²) in [6, 6.07) is 3.40. The highest BCUT2D eigenvalue weighted by molar-refractivity contribution is 5.97. The Morgan fingerprint density at radius 1 is 1.53 bits per heavy atom. The van der Waals surface area contributed by atoms with Gasteiger partial charge in [-0.05, 0) is 18.6 Å². The van der Waals surface area contributed by atoms with Crippen molar-refractivity contribution in [2.45, 2.75) is 13.3 Å². The van der Waals surface area contributed by atoms with E-state index in [1.807, 2.05) is 4.90 Å². The Morgan fingerprint density at radius 3 is 2.88 bits per heavy atom. The van der Waals surface area contributed by atoms with Crippen molar-refractivity contribution in [3.63, 3.8) is 0 Å². The van der Waals surface area contributed by atoms with Crippen LogP contribution >= 0.6 is 0 Å². The van der Waals surface area contributed by atoms with Crippen molar-refractivity contribution >= 4 is 11.7 Å². The minimum absolute atomic E-state index is 0.0501. The average molecular weight is 238 g/mol. The summed E-state index contributed by atoms with van der Waals surface area (Å²) in [4.78, 5) is 6.17. The molecule has 0 bridgehead atoms. The van der Waals surface area contributed by atoms with E-state index < -0.39 is 0 Å². The topological polar surface area (TPSA) is 95.0 Å². The zero-order chi connectivity index (χ0) is 12.7. The Hall–Kier alpha value is -1.82. The zero-order valence-electron chi connectivity index (χ0n) is 9.87. The van der Waals surface area contributed by atoms with Crippen LogP contribution in [-0.2, 0) is 0 Å². The van der Waals surface area contributed by atoms with Gasteiger partial charge in [-0.25, -0.2) is 4.98 Å². The molecular weight excluding hydrogens is 220 g/mol. The maximum atomic E-state index is 8.99. The van der Waals surface area contributed by atoms with Crippen molar-refractivity contribution in [2.24, 2.45) is 10.9 Å². The van der Waals surface area contributed by atoms with Crippen LogP contribution in [0, 0.1) is 0 Å². The van der Waals surface area contributed by atoms with Crippen molar-refractivity contribution in [1.82, 2.24) is 4.98 Å². The molecule has 1 rings (SSSR count). The molecule has 0 aliphatic carbocycles. The first-order valence-electron chi connectivity index (χ1n) is 5.52. The van der Waals surface area contributed by atoms with Gasteiger partial charge < -0.3 is 20.9 Å². The maximum Gasteiger partial charge on any atom is 0.170 e. The van der Waals surface area contributed by atoms with Crippen molar-refractivity contribution in [2.75, 3.05) is 24.6 Å². The average Bonchev–Trinajstić information content (AvgIpc) is 2.37. The molecule has 0 saturated carbocycles. The smallest absolute Gasteiger partial charge is 0.170 e. The van der Waals surface area contributed by atoms with Crippen LogP contribution < -0.4 is 10.6 Å². The number of anilines is 1. The molecule has 4 N–H and O–H groups in total. The van der Waals surface area contributed by atoms with Gasteiger partial charge in [-0.15, -0.1) is 0 Å². The number of hydrogen-bond acceptors (Lipinski definition) is 5. The highest BCUT2D eigenvalue weighted by Gasteiger charge is 2.08. The van der Waals surface area contributed by atoms with E-state index in [1.165, 1.54) is 0 Å². The predicted octanol–water partition coefficient (Wildman–Crippen LogP) is 0.385. The molecule has 0 aliphatic heterocycles. The first-order chi connectivity index (χ1) is 8.22. The summed E-state index contributed by atoms with van der Waals surface area (Å²) in [6.45, 7) is 3.43. The minimum Gasteiger partial charge on any atom is -0.409 e. The third-order valence-electron chi connectivity index (χ3n) is 2.34. The monoisotopic (exact) mass is 238 g/mol. The SMILES string of the molecule is CCCN(CCO)c1cc(/C(N)=N/O)ccn1. The van der Waals surface area contributed by atoms with E-state index in [9.17, 15) is 0 Å². The van der Waals surface area contributed by atoms with E-state index in [4.69, 9.17) is 16.0 Å². The summed E-state index contributed by atoms with van der Waals surface area (Å²) < 4.78 is 0. The number of aliphatic hydroxyl groups is 1. The van der Waals surface area contributed by atoms with E-state index in [0.29, 0.717) is 17.9 Å². The van der Waals surface area contributed by atoms with Crippen LogP contribution in [0.15, 0.2) is 23.5 Å². The molecule has 17 heavy (non-hydrogen) atoms. The number of amidine groups is 1. The molecule has 0 unspecified atom stereocenters. The van der Waals surface area contributed by atoms with Crippen LogP contribution in [0.2, 0.25) is 0 Å².